The Morgan fingerprint density at radius 2 is 0.757 bits per heavy atom. The number of anilines is 2. The number of esters is 4. The van der Waals surface area contributed by atoms with E-state index in [4.69, 9.17) is 38.9 Å². The number of H-pyrrole nitrogens is 4. The number of rotatable bonds is 16. The number of hydrogen-bond acceptors (Lipinski definition) is 14. The summed E-state index contributed by atoms with van der Waals surface area (Å²) in [7, 11) is 0. The number of aromatic nitrogens is 8. The van der Waals surface area contributed by atoms with Crippen LogP contribution >= 0.6 is 0 Å². The number of benzene rings is 5. The summed E-state index contributed by atoms with van der Waals surface area (Å²) in [5.74, 6) is 1.61. The van der Waals surface area contributed by atoms with Crippen molar-refractivity contribution >= 4 is 134 Å². The first kappa shape index (κ1) is 71.6. The van der Waals surface area contributed by atoms with Crippen LogP contribution < -0.4 is 19.3 Å². The Morgan fingerprint density at radius 3 is 1.19 bits per heavy atom. The molecule has 18 heteroatoms. The Bertz CT molecular complexity index is 6220. The summed E-state index contributed by atoms with van der Waals surface area (Å²) in [6.45, 7) is 9.08. The maximum atomic E-state index is 13.7. The fourth-order valence-electron chi connectivity index (χ4n) is 17.9. The van der Waals surface area contributed by atoms with Crippen LogP contribution in [0.15, 0.2) is 231 Å². The van der Waals surface area contributed by atoms with Gasteiger partial charge in [0, 0.05) is 92.8 Å². The molecule has 10 atom stereocenters. The largest absolute Gasteiger partial charge is 0.447 e. The number of nitrogens with one attached hydrogen (secondary N) is 4. The number of ether oxygens (including phenoxy) is 4. The van der Waals surface area contributed by atoms with Crippen LogP contribution in [0.1, 0.15) is 105 Å². The van der Waals surface area contributed by atoms with Crippen LogP contribution in [0.5, 0.6) is 11.5 Å². The second-order valence-electron chi connectivity index (χ2n) is 31.2. The number of carbonyl (C=O) groups is 4. The zero-order valence-electron chi connectivity index (χ0n) is 63.6. The van der Waals surface area contributed by atoms with Crippen LogP contribution in [0.2, 0.25) is 0 Å². The molecule has 16 bridgehead atoms. The van der Waals surface area contributed by atoms with Crippen molar-refractivity contribution in [2.45, 2.75) is 45.8 Å². The molecule has 2 aliphatic carbocycles. The molecule has 4 N–H and O–H groups in total. The highest BCUT2D eigenvalue weighted by Gasteiger charge is 2.49. The summed E-state index contributed by atoms with van der Waals surface area (Å²) in [6, 6.07) is 68.4. The predicted molar refractivity (Wildman–Crippen MR) is 454 cm³/mol. The highest BCUT2D eigenvalue weighted by atomic mass is 16.6. The molecule has 0 amide bonds. The topological polar surface area (TPSA) is 226 Å². The summed E-state index contributed by atoms with van der Waals surface area (Å²) in [5.41, 5.74) is 21.1. The molecule has 0 radical (unpaired) electrons. The Labute approximate surface area is 664 Å². The smallest absolute Gasteiger partial charge is 0.352 e. The van der Waals surface area contributed by atoms with Gasteiger partial charge in [0.1, 0.15) is 11.5 Å². The van der Waals surface area contributed by atoms with Gasteiger partial charge in [-0.25, -0.2) is 39.1 Å². The van der Waals surface area contributed by atoms with Crippen LogP contribution in [-0.4, -0.2) is 102 Å². The third kappa shape index (κ3) is 15.2. The lowest BCUT2D eigenvalue weighted by Gasteiger charge is -2.23. The zero-order valence-corrected chi connectivity index (χ0v) is 63.6. The first-order valence-electron chi connectivity index (χ1n) is 39.5. The highest BCUT2D eigenvalue weighted by molar-refractivity contribution is 5.96. The highest BCUT2D eigenvalue weighted by Crippen LogP contribution is 2.52. The molecule has 19 rings (SSSR count). The van der Waals surface area contributed by atoms with E-state index in [1.54, 1.807) is 48.5 Å². The molecule has 8 aliphatic rings. The van der Waals surface area contributed by atoms with Gasteiger partial charge in [-0.1, -0.05) is 85.8 Å². The quantitative estimate of drug-likeness (QED) is 0.0401. The maximum absolute atomic E-state index is 13.7. The standard InChI is InChI=1S/C97H82N10O8/c1-57-45-65(85-54-106(53-84(57)85)80-33-13-63(14-34-80)96(110)112-58(2)94(108)114-82-37-17-61(18-38-82)92-88-41-29-76(102-88)49-72-25-21-68(98-72)47-69-22-26-73(99-69)50-77-30-42-89(92)103-77)11-12-67-46-66(10-9-60-7-5-4-6-8-60)86-55-107(56-87(67)86)81-35-15-64(16-36-81)97(111)113-59(3)95(109)115-83-39-19-62(20-40-83)93-90-43-31-78(104-90)51-74-27-23-70(100-74)48-71-24-28-75(101-71)52-79-32-44-91(93)105-79/h4-44,47-52,57-59,65-67,84-87,98,100,103,105H,45-46,53-56H2,1-3H3/b10-9+,12-11?,68-47?,69-47?,70-48?,71-48?,72-49?,73-50?,74-51?,75-52?,76-49?,77-50?,78-51?,79-52?,92-88?,92-89?,93-90?,93-91?/t57-,58+,59+,65+,66+,67-,84+,85-,86-,87+/m1/s1. The van der Waals surface area contributed by atoms with Crippen molar-refractivity contribution in [1.82, 2.24) is 39.9 Å². The second-order valence-corrected chi connectivity index (χ2v) is 31.2. The molecule has 2 saturated heterocycles. The minimum absolute atomic E-state index is 0.307. The van der Waals surface area contributed by atoms with Crippen molar-refractivity contribution in [2.24, 2.45) is 47.3 Å². The van der Waals surface area contributed by atoms with Gasteiger partial charge in [0.25, 0.3) is 0 Å². The minimum atomic E-state index is -1.18. The van der Waals surface area contributed by atoms with E-state index in [0.717, 1.165) is 162 Å². The van der Waals surface area contributed by atoms with E-state index in [2.05, 4.69) is 91.3 Å². The SMILES string of the molecule is C[C@H](OC(=O)c1ccc(N2C[C@@H]3[C@H](C2)[C@@H](C=C[C@@H]2C[C@H](/C=C/c4ccccc4)[C@H]4CN(c5ccc(C(=O)O[C@@H](C)C(=O)Oc6ccc(-c7c8nc(cc9ccc(cc%10nc(cc%11ccc7[nH]%11)C=C%10)[nH]9)C=C8)cc6)cc5)C[C@H]42)C[C@H]3C)cc1)C(=O)Oc1ccc(-c2c3nc(cc4ccc(cc5nc(cc6ccc2[nH]6)C=C5)[nH]4)C=C3)cc1. The lowest BCUT2D eigenvalue weighted by Crippen LogP contribution is -2.28. The zero-order chi connectivity index (χ0) is 77.8. The molecule has 0 unspecified atom stereocenters. The second kappa shape index (κ2) is 30.4. The van der Waals surface area contributed by atoms with Crippen LogP contribution in [0.4, 0.5) is 11.4 Å². The van der Waals surface area contributed by atoms with Gasteiger partial charge in [-0.05, 0) is 297 Å². The van der Waals surface area contributed by atoms with Gasteiger partial charge in [0.05, 0.1) is 56.7 Å². The van der Waals surface area contributed by atoms with Crippen molar-refractivity contribution in [3.8, 4) is 33.8 Å². The van der Waals surface area contributed by atoms with Crippen LogP contribution in [0.25, 0.3) is 121 Å². The molecular formula is C97H82N10O8. The van der Waals surface area contributed by atoms with E-state index in [0.29, 0.717) is 70.0 Å². The monoisotopic (exact) mass is 1510 g/mol. The molecule has 0 spiro atoms. The third-order valence-electron chi connectivity index (χ3n) is 23.7. The number of aromatic amines is 4. The van der Waals surface area contributed by atoms with Gasteiger partial charge in [0.2, 0.25) is 0 Å². The average molecular weight is 1520 g/mol. The molecule has 568 valence electrons. The maximum Gasteiger partial charge on any atom is 0.352 e. The fourth-order valence-corrected chi connectivity index (χ4v) is 17.9. The van der Waals surface area contributed by atoms with E-state index in [1.807, 2.05) is 182 Å². The Morgan fingerprint density at radius 1 is 0.391 bits per heavy atom. The molecule has 6 aliphatic heterocycles. The Kier molecular flexibility index (Phi) is 18.9. The average Bonchev–Trinajstić information content (AvgIpc) is 1.63. The summed E-state index contributed by atoms with van der Waals surface area (Å²) in [6.07, 6.45) is 25.6. The normalized spacial score (nSPS) is 20.3. The fraction of sp³-hybridized carbons (Fsp3) is 0.196. The van der Waals surface area contributed by atoms with Crippen LogP contribution in [0, 0.1) is 47.3 Å². The molecule has 11 aromatic rings. The number of fused-ring (bicyclic) bond motifs is 18. The van der Waals surface area contributed by atoms with E-state index in [-0.39, 0.29) is 0 Å². The summed E-state index contributed by atoms with van der Waals surface area (Å²) >= 11 is 0. The van der Waals surface area contributed by atoms with Crippen LogP contribution in [0.3, 0.4) is 0 Å². The van der Waals surface area contributed by atoms with Gasteiger partial charge < -0.3 is 48.7 Å². The summed E-state index contributed by atoms with van der Waals surface area (Å²) < 4.78 is 23.1. The third-order valence-corrected chi connectivity index (χ3v) is 23.7. The molecule has 4 fully saturated rings. The van der Waals surface area contributed by atoms with E-state index < -0.39 is 36.1 Å². The van der Waals surface area contributed by atoms with E-state index >= 15 is 0 Å². The Balaban J connectivity index is 0.473. The van der Waals surface area contributed by atoms with Crippen molar-refractivity contribution in [1.29, 1.82) is 0 Å². The van der Waals surface area contributed by atoms with Gasteiger partial charge >= 0.3 is 23.9 Å². The summed E-state index contributed by atoms with van der Waals surface area (Å²) in [4.78, 5) is 93.1. The van der Waals surface area contributed by atoms with Crippen LogP contribution in [-0.2, 0) is 19.1 Å². The molecule has 12 heterocycles. The molecule has 2 saturated carbocycles. The summed E-state index contributed by atoms with van der Waals surface area (Å²) in [5, 5.41) is 0. The van der Waals surface area contributed by atoms with Crippen molar-refractivity contribution in [3.63, 3.8) is 0 Å². The first-order chi connectivity index (χ1) is 56.2. The number of carbonyl (C=O) groups excluding carboxylic acids is 4. The lowest BCUT2D eigenvalue weighted by atomic mass is 9.87. The van der Waals surface area contributed by atoms with Gasteiger partial charge in [-0.3, -0.25) is 0 Å². The van der Waals surface area contributed by atoms with Crippen molar-refractivity contribution < 1.29 is 38.1 Å². The number of hydrogen-bond donors (Lipinski definition) is 4. The molecule has 18 nitrogen and oxygen atoms in total. The van der Waals surface area contributed by atoms with Gasteiger partial charge in [-0.15, -0.1) is 0 Å². The van der Waals surface area contributed by atoms with E-state index in [1.165, 1.54) is 19.4 Å². The van der Waals surface area contributed by atoms with Crippen molar-refractivity contribution in [3.05, 3.63) is 293 Å². The van der Waals surface area contributed by atoms with Gasteiger partial charge in [0.15, 0.2) is 12.2 Å². The Hall–Kier alpha value is -13.7. The minimum Gasteiger partial charge on any atom is -0.447 e. The number of allylic oxidation sites excluding steroid dienone is 3. The molecule has 115 heavy (non-hydrogen) atoms. The molecular weight excluding hydrogens is 1430 g/mol. The van der Waals surface area contributed by atoms with E-state index in [9.17, 15) is 19.2 Å². The van der Waals surface area contributed by atoms with Gasteiger partial charge in [-0.2, -0.15) is 0 Å². The predicted octanol–water partition coefficient (Wildman–Crippen LogP) is 19.6. The molecule has 5 aromatic carbocycles. The van der Waals surface area contributed by atoms with Crippen molar-refractivity contribution in [2.75, 3.05) is 36.0 Å². The first-order valence-corrected chi connectivity index (χ1v) is 39.5. The lowest BCUT2D eigenvalue weighted by molar-refractivity contribution is -0.143. The molecule has 6 aromatic heterocycles. The number of nitrogens with zero attached hydrogens (tertiary/aromatic N) is 6.